The van der Waals surface area contributed by atoms with Crippen LogP contribution >= 0.6 is 0 Å². The summed E-state index contributed by atoms with van der Waals surface area (Å²) in [7, 11) is -3.13. The summed E-state index contributed by atoms with van der Waals surface area (Å²) < 4.78 is 24.2. The van der Waals surface area contributed by atoms with Gasteiger partial charge in [-0.1, -0.05) is 49.4 Å². The third-order valence-electron chi connectivity index (χ3n) is 4.00. The molecule has 3 nitrogen and oxygen atoms in total. The van der Waals surface area contributed by atoms with Gasteiger partial charge in [-0.05, 0) is 29.2 Å². The van der Waals surface area contributed by atoms with Gasteiger partial charge in [-0.2, -0.15) is 0 Å². The third kappa shape index (κ3) is 2.87. The van der Waals surface area contributed by atoms with E-state index in [9.17, 15) is 8.42 Å². The first kappa shape index (κ1) is 14.3. The van der Waals surface area contributed by atoms with Crippen LogP contribution in [0.4, 0.5) is 0 Å². The zero-order valence-electron chi connectivity index (χ0n) is 12.0. The van der Waals surface area contributed by atoms with Crippen LogP contribution in [0.25, 0.3) is 0 Å². The lowest BCUT2D eigenvalue weighted by Gasteiger charge is -2.13. The van der Waals surface area contributed by atoms with E-state index in [1.165, 1.54) is 11.1 Å². The van der Waals surface area contributed by atoms with Gasteiger partial charge < -0.3 is 5.32 Å². The molecule has 1 atom stereocenters. The summed E-state index contributed by atoms with van der Waals surface area (Å²) in [5.74, 6) is 0.152. The van der Waals surface area contributed by atoms with Crippen LogP contribution in [0.3, 0.4) is 0 Å². The molecule has 0 saturated heterocycles. The Balaban J connectivity index is 1.74. The Hall–Kier alpha value is -1.65. The van der Waals surface area contributed by atoms with Gasteiger partial charge in [0.2, 0.25) is 0 Å². The minimum atomic E-state index is -3.13. The Bertz CT molecular complexity index is 736. The number of hydrogen-bond acceptors (Lipinski definition) is 3. The molecule has 0 saturated carbocycles. The third-order valence-corrected chi connectivity index (χ3v) is 5.81. The molecule has 2 aromatic carbocycles. The van der Waals surface area contributed by atoms with E-state index in [1.807, 2.05) is 12.1 Å². The lowest BCUT2D eigenvalue weighted by Crippen LogP contribution is -2.22. The fraction of sp³-hybridized carbons (Fsp3) is 0.294. The number of benzene rings is 2. The van der Waals surface area contributed by atoms with E-state index in [1.54, 1.807) is 12.1 Å². The molecule has 0 aromatic heterocycles. The summed E-state index contributed by atoms with van der Waals surface area (Å²) in [5.41, 5.74) is 3.38. The largest absolute Gasteiger partial charge is 0.305 e. The van der Waals surface area contributed by atoms with Gasteiger partial charge in [-0.25, -0.2) is 8.42 Å². The lowest BCUT2D eigenvalue weighted by molar-refractivity contribution is 0.566. The predicted molar refractivity (Wildman–Crippen MR) is 83.9 cm³/mol. The van der Waals surface area contributed by atoms with E-state index in [0.717, 1.165) is 12.0 Å². The van der Waals surface area contributed by atoms with Gasteiger partial charge in [-0.15, -0.1) is 0 Å². The van der Waals surface area contributed by atoms with Gasteiger partial charge in [0.1, 0.15) is 0 Å². The smallest absolute Gasteiger partial charge is 0.180 e. The highest BCUT2D eigenvalue weighted by atomic mass is 32.2. The number of sulfone groups is 1. The normalized spacial score (nSPS) is 19.4. The van der Waals surface area contributed by atoms with Gasteiger partial charge in [0, 0.05) is 12.6 Å². The van der Waals surface area contributed by atoms with E-state index in [0.29, 0.717) is 11.4 Å². The zero-order chi connectivity index (χ0) is 14.9. The number of nitrogens with one attached hydrogen (secondary N) is 1. The number of aryl methyl sites for hydroxylation is 1. The van der Waals surface area contributed by atoms with Crippen molar-refractivity contribution in [1.29, 1.82) is 0 Å². The molecule has 110 valence electrons. The molecule has 4 heteroatoms. The molecule has 0 spiro atoms. The molecule has 1 heterocycles. The quantitative estimate of drug-likeness (QED) is 0.944. The maximum absolute atomic E-state index is 12.1. The summed E-state index contributed by atoms with van der Waals surface area (Å²) in [4.78, 5) is 0.476. The Kier molecular flexibility index (Phi) is 3.83. The van der Waals surface area contributed by atoms with Gasteiger partial charge in [0.05, 0.1) is 10.6 Å². The van der Waals surface area contributed by atoms with Crippen molar-refractivity contribution in [3.05, 3.63) is 65.2 Å². The monoisotopic (exact) mass is 301 g/mol. The van der Waals surface area contributed by atoms with E-state index in [2.05, 4.69) is 36.5 Å². The average molecular weight is 301 g/mol. The molecule has 1 aliphatic heterocycles. The molecule has 0 bridgehead atoms. The maximum atomic E-state index is 12.1. The first-order valence-electron chi connectivity index (χ1n) is 7.23. The standard InChI is InChI=1S/C17H19NO2S/c1-2-13-7-9-14(10-8-13)11-18-16-12-21(19,20)17-6-4-3-5-15(16)17/h3-10,16,18H,2,11-12H2,1H3. The van der Waals surface area contributed by atoms with E-state index in [-0.39, 0.29) is 11.8 Å². The van der Waals surface area contributed by atoms with Crippen LogP contribution < -0.4 is 5.32 Å². The summed E-state index contributed by atoms with van der Waals surface area (Å²) >= 11 is 0. The van der Waals surface area contributed by atoms with Crippen LogP contribution in [0.2, 0.25) is 0 Å². The minimum absolute atomic E-state index is 0.114. The molecule has 0 amide bonds. The Morgan fingerprint density at radius 1 is 1.05 bits per heavy atom. The number of fused-ring (bicyclic) bond motifs is 1. The van der Waals surface area contributed by atoms with Gasteiger partial charge in [0.25, 0.3) is 0 Å². The zero-order valence-corrected chi connectivity index (χ0v) is 12.9. The number of rotatable bonds is 4. The second-order valence-electron chi connectivity index (χ2n) is 5.42. The summed E-state index contributed by atoms with van der Waals surface area (Å²) in [6.07, 6.45) is 1.03. The van der Waals surface area contributed by atoms with Gasteiger partial charge in [0.15, 0.2) is 9.84 Å². The highest BCUT2D eigenvalue weighted by molar-refractivity contribution is 7.91. The molecule has 2 aromatic rings. The van der Waals surface area contributed by atoms with Crippen molar-refractivity contribution in [2.75, 3.05) is 5.75 Å². The van der Waals surface area contributed by atoms with Gasteiger partial charge >= 0.3 is 0 Å². The Morgan fingerprint density at radius 2 is 1.71 bits per heavy atom. The molecule has 0 fully saturated rings. The highest BCUT2D eigenvalue weighted by Gasteiger charge is 2.33. The molecule has 1 N–H and O–H groups in total. The molecule has 0 aliphatic carbocycles. The van der Waals surface area contributed by atoms with E-state index in [4.69, 9.17) is 0 Å². The van der Waals surface area contributed by atoms with Crippen LogP contribution in [0.15, 0.2) is 53.4 Å². The van der Waals surface area contributed by atoms with Crippen LogP contribution in [0.5, 0.6) is 0 Å². The fourth-order valence-electron chi connectivity index (χ4n) is 2.75. The van der Waals surface area contributed by atoms with Crippen molar-refractivity contribution < 1.29 is 8.42 Å². The van der Waals surface area contributed by atoms with Crippen LogP contribution in [-0.4, -0.2) is 14.2 Å². The Labute approximate surface area is 125 Å². The molecule has 3 rings (SSSR count). The average Bonchev–Trinajstić information content (AvgIpc) is 2.77. The predicted octanol–water partition coefficient (Wildman–Crippen LogP) is 2.87. The summed E-state index contributed by atoms with van der Waals surface area (Å²) in [6, 6.07) is 15.6. The molecule has 21 heavy (non-hydrogen) atoms. The lowest BCUT2D eigenvalue weighted by atomic mass is 10.1. The summed E-state index contributed by atoms with van der Waals surface area (Å²) in [5, 5.41) is 3.37. The van der Waals surface area contributed by atoms with Crippen molar-refractivity contribution in [1.82, 2.24) is 5.32 Å². The minimum Gasteiger partial charge on any atom is -0.305 e. The van der Waals surface area contributed by atoms with Crippen LogP contribution in [0, 0.1) is 0 Å². The number of hydrogen-bond donors (Lipinski definition) is 1. The summed E-state index contributed by atoms with van der Waals surface area (Å²) in [6.45, 7) is 2.81. The maximum Gasteiger partial charge on any atom is 0.180 e. The fourth-order valence-corrected chi connectivity index (χ4v) is 4.52. The molecule has 1 aliphatic rings. The molecular weight excluding hydrogens is 282 g/mol. The topological polar surface area (TPSA) is 46.2 Å². The SMILES string of the molecule is CCc1ccc(CNC2CS(=O)(=O)c3ccccc32)cc1. The van der Waals surface area contributed by atoms with Crippen molar-refractivity contribution >= 4 is 9.84 Å². The highest BCUT2D eigenvalue weighted by Crippen LogP contribution is 2.33. The van der Waals surface area contributed by atoms with E-state index >= 15 is 0 Å². The second kappa shape index (κ2) is 5.62. The molecule has 1 unspecified atom stereocenters. The van der Waals surface area contributed by atoms with Crippen LogP contribution in [-0.2, 0) is 22.8 Å². The van der Waals surface area contributed by atoms with Crippen molar-refractivity contribution in [2.45, 2.75) is 30.8 Å². The van der Waals surface area contributed by atoms with Crippen LogP contribution in [0.1, 0.15) is 29.7 Å². The second-order valence-corrected chi connectivity index (χ2v) is 7.43. The molecule has 0 radical (unpaired) electrons. The molecular formula is C17H19NO2S. The van der Waals surface area contributed by atoms with Crippen molar-refractivity contribution in [2.24, 2.45) is 0 Å². The van der Waals surface area contributed by atoms with Gasteiger partial charge in [-0.3, -0.25) is 0 Å². The first-order valence-corrected chi connectivity index (χ1v) is 8.88. The first-order chi connectivity index (χ1) is 10.1. The van der Waals surface area contributed by atoms with E-state index < -0.39 is 9.84 Å². The van der Waals surface area contributed by atoms with Crippen molar-refractivity contribution in [3.8, 4) is 0 Å². The Morgan fingerprint density at radius 3 is 2.43 bits per heavy atom. The van der Waals surface area contributed by atoms with Crippen molar-refractivity contribution in [3.63, 3.8) is 0 Å².